The summed E-state index contributed by atoms with van der Waals surface area (Å²) in [6, 6.07) is 43.9. The van der Waals surface area contributed by atoms with Gasteiger partial charge in [0.15, 0.2) is 0 Å². The van der Waals surface area contributed by atoms with Crippen LogP contribution in [0.15, 0.2) is 122 Å². The smallest absolute Gasteiger partial charge is 0.0246 e. The predicted octanol–water partition coefficient (Wildman–Crippen LogP) is 9.75. The molecular formula is C36H26IrN2S-2. The van der Waals surface area contributed by atoms with Gasteiger partial charge in [0, 0.05) is 42.8 Å². The Kier molecular flexibility index (Phi) is 8.62. The number of pyridine rings is 2. The Morgan fingerprint density at radius 2 is 1.43 bits per heavy atom. The van der Waals surface area contributed by atoms with Gasteiger partial charge < -0.3 is 9.97 Å². The Bertz CT molecular complexity index is 1880. The number of hydrogen-bond donors (Lipinski definition) is 0. The van der Waals surface area contributed by atoms with Gasteiger partial charge in [0.1, 0.15) is 0 Å². The molecule has 3 heterocycles. The summed E-state index contributed by atoms with van der Waals surface area (Å²) >= 11 is 1.83. The zero-order chi connectivity index (χ0) is 26.6. The fourth-order valence-electron chi connectivity index (χ4n) is 4.67. The molecule has 0 bridgehead atoms. The summed E-state index contributed by atoms with van der Waals surface area (Å²) < 4.78 is 2.62. The molecule has 0 N–H and O–H groups in total. The third-order valence-corrected chi connectivity index (χ3v) is 7.82. The minimum atomic E-state index is 0. The molecule has 197 valence electrons. The van der Waals surface area contributed by atoms with Crippen LogP contribution in [0, 0.1) is 26.0 Å². The number of fused-ring (bicyclic) bond motifs is 3. The Balaban J connectivity index is 0.000000158. The van der Waals surface area contributed by atoms with E-state index in [4.69, 9.17) is 0 Å². The SMILES string of the molecule is Cc1cc(-c2[c-]cccc2)ncc1-c1ccccc1.Cc1ccnc(-c2[c-]cc3c(c2)sc2ccccc23)c1.[Ir]. The molecular weight excluding hydrogens is 685 g/mol. The summed E-state index contributed by atoms with van der Waals surface area (Å²) in [5.74, 6) is 0. The zero-order valence-electron chi connectivity index (χ0n) is 22.2. The Labute approximate surface area is 252 Å². The van der Waals surface area contributed by atoms with Crippen molar-refractivity contribution in [3.05, 3.63) is 145 Å². The van der Waals surface area contributed by atoms with Gasteiger partial charge in [-0.05, 0) is 58.6 Å². The van der Waals surface area contributed by atoms with Crippen molar-refractivity contribution < 1.29 is 20.1 Å². The fraction of sp³-hybridized carbons (Fsp3) is 0.0556. The molecule has 40 heavy (non-hydrogen) atoms. The van der Waals surface area contributed by atoms with E-state index in [0.717, 1.165) is 22.5 Å². The summed E-state index contributed by atoms with van der Waals surface area (Å²) in [5.41, 5.74) is 8.89. The zero-order valence-corrected chi connectivity index (χ0v) is 25.4. The molecule has 4 aromatic carbocycles. The van der Waals surface area contributed by atoms with Gasteiger partial charge in [-0.25, -0.2) is 0 Å². The largest absolute Gasteiger partial charge is 0.305 e. The molecule has 2 nitrogen and oxygen atoms in total. The van der Waals surface area contributed by atoms with Gasteiger partial charge >= 0.3 is 0 Å². The first-order valence-electron chi connectivity index (χ1n) is 12.9. The van der Waals surface area contributed by atoms with Crippen molar-refractivity contribution in [2.45, 2.75) is 13.8 Å². The van der Waals surface area contributed by atoms with Crippen molar-refractivity contribution in [3.63, 3.8) is 0 Å². The minimum Gasteiger partial charge on any atom is -0.305 e. The van der Waals surface area contributed by atoms with Crippen LogP contribution < -0.4 is 0 Å². The molecule has 7 rings (SSSR count). The monoisotopic (exact) mass is 711 g/mol. The van der Waals surface area contributed by atoms with Gasteiger partial charge in [-0.2, -0.15) is 11.3 Å². The van der Waals surface area contributed by atoms with Gasteiger partial charge in [-0.3, -0.25) is 0 Å². The van der Waals surface area contributed by atoms with Crippen LogP contribution in [0.5, 0.6) is 0 Å². The average Bonchev–Trinajstić information content (AvgIpc) is 3.36. The van der Waals surface area contributed by atoms with Gasteiger partial charge in [-0.1, -0.05) is 71.6 Å². The first-order chi connectivity index (χ1) is 19.2. The molecule has 0 unspecified atom stereocenters. The quantitative estimate of drug-likeness (QED) is 0.171. The molecule has 4 heteroatoms. The Morgan fingerprint density at radius 3 is 2.20 bits per heavy atom. The van der Waals surface area contributed by atoms with E-state index >= 15 is 0 Å². The third kappa shape index (κ3) is 5.95. The maximum atomic E-state index is 4.55. The Hall–Kier alpha value is -3.95. The summed E-state index contributed by atoms with van der Waals surface area (Å²) in [6.07, 6.45) is 3.80. The number of aryl methyl sites for hydroxylation is 2. The van der Waals surface area contributed by atoms with Gasteiger partial charge in [0.25, 0.3) is 0 Å². The first kappa shape index (κ1) is 27.6. The van der Waals surface area contributed by atoms with Crippen LogP contribution in [-0.4, -0.2) is 9.97 Å². The van der Waals surface area contributed by atoms with Crippen molar-refractivity contribution in [1.29, 1.82) is 0 Å². The topological polar surface area (TPSA) is 25.8 Å². The molecule has 0 aliphatic heterocycles. The van der Waals surface area contributed by atoms with E-state index in [1.54, 1.807) is 0 Å². The fourth-order valence-corrected chi connectivity index (χ4v) is 5.80. The first-order valence-corrected chi connectivity index (χ1v) is 13.7. The van der Waals surface area contributed by atoms with Crippen LogP contribution in [0.2, 0.25) is 0 Å². The van der Waals surface area contributed by atoms with Crippen molar-refractivity contribution in [1.82, 2.24) is 9.97 Å². The second-order valence-corrected chi connectivity index (χ2v) is 10.6. The molecule has 0 amide bonds. The third-order valence-electron chi connectivity index (χ3n) is 6.68. The van der Waals surface area contributed by atoms with E-state index in [1.807, 2.05) is 72.3 Å². The van der Waals surface area contributed by atoms with Crippen LogP contribution >= 0.6 is 11.3 Å². The molecule has 0 fully saturated rings. The van der Waals surface area contributed by atoms with E-state index in [0.29, 0.717) is 0 Å². The molecule has 0 saturated heterocycles. The van der Waals surface area contributed by atoms with E-state index in [2.05, 4.69) is 96.6 Å². The van der Waals surface area contributed by atoms with Gasteiger partial charge in [0.05, 0.1) is 0 Å². The van der Waals surface area contributed by atoms with Crippen molar-refractivity contribution in [3.8, 4) is 33.6 Å². The number of nitrogens with zero attached hydrogens (tertiary/aromatic N) is 2. The molecule has 0 aliphatic carbocycles. The molecule has 0 spiro atoms. The average molecular weight is 711 g/mol. The normalized spacial score (nSPS) is 10.6. The van der Waals surface area contributed by atoms with Crippen LogP contribution in [0.25, 0.3) is 53.8 Å². The van der Waals surface area contributed by atoms with E-state index in [-0.39, 0.29) is 20.1 Å². The molecule has 3 aromatic heterocycles. The molecule has 0 saturated carbocycles. The van der Waals surface area contributed by atoms with E-state index in [1.165, 1.54) is 42.4 Å². The van der Waals surface area contributed by atoms with Gasteiger partial charge in [-0.15, -0.1) is 59.7 Å². The number of aromatic nitrogens is 2. The summed E-state index contributed by atoms with van der Waals surface area (Å²) in [6.45, 7) is 4.21. The second-order valence-electron chi connectivity index (χ2n) is 9.47. The second kappa shape index (κ2) is 12.5. The van der Waals surface area contributed by atoms with Crippen molar-refractivity contribution >= 4 is 31.5 Å². The van der Waals surface area contributed by atoms with Gasteiger partial charge in [0.2, 0.25) is 0 Å². The van der Waals surface area contributed by atoms with Crippen LogP contribution in [0.3, 0.4) is 0 Å². The summed E-state index contributed by atoms with van der Waals surface area (Å²) in [4.78, 5) is 9.00. The van der Waals surface area contributed by atoms with E-state index in [9.17, 15) is 0 Å². The van der Waals surface area contributed by atoms with Crippen molar-refractivity contribution in [2.75, 3.05) is 0 Å². The maximum Gasteiger partial charge on any atom is 0.0246 e. The molecule has 0 atom stereocenters. The minimum absolute atomic E-state index is 0. The van der Waals surface area contributed by atoms with Crippen molar-refractivity contribution in [2.24, 2.45) is 0 Å². The number of rotatable bonds is 3. The standard InChI is InChI=1S/C18H12NS.C18H14N.Ir/c1-12-8-9-19-16(10-12)13-6-7-15-14-4-2-3-5-17(14)20-18(15)11-13;1-14-12-18(16-10-6-3-7-11-16)19-13-17(14)15-8-4-2-5-9-15;/h2-5,7-11H,1H3;2-10,12-13H,1H3;/q2*-1;. The predicted molar refractivity (Wildman–Crippen MR) is 165 cm³/mol. The molecule has 1 radical (unpaired) electrons. The molecule has 0 aliphatic rings. The molecule has 7 aromatic rings. The number of benzene rings is 4. The van der Waals surface area contributed by atoms with Crippen LogP contribution in [-0.2, 0) is 20.1 Å². The van der Waals surface area contributed by atoms with Crippen LogP contribution in [0.4, 0.5) is 0 Å². The van der Waals surface area contributed by atoms with Crippen LogP contribution in [0.1, 0.15) is 11.1 Å². The number of hydrogen-bond acceptors (Lipinski definition) is 3. The Morgan fingerprint density at radius 1 is 0.650 bits per heavy atom. The summed E-state index contributed by atoms with van der Waals surface area (Å²) in [7, 11) is 0. The maximum absolute atomic E-state index is 4.55. The number of thiophene rings is 1. The summed E-state index contributed by atoms with van der Waals surface area (Å²) in [5, 5.41) is 2.59. The van der Waals surface area contributed by atoms with E-state index < -0.39 is 0 Å².